The molecule has 3 rings (SSSR count). The molecule has 3 aromatic rings. The van der Waals surface area contributed by atoms with Gasteiger partial charge in [0.2, 0.25) is 5.76 Å². The third-order valence-corrected chi connectivity index (χ3v) is 6.77. The Morgan fingerprint density at radius 1 is 1.12 bits per heavy atom. The molecule has 0 radical (unpaired) electrons. The Morgan fingerprint density at radius 2 is 1.81 bits per heavy atom. The number of aromatic hydroxyl groups is 1. The second kappa shape index (κ2) is 9.23. The third kappa shape index (κ3) is 5.33. The van der Waals surface area contributed by atoms with Crippen LogP contribution in [0.4, 0.5) is 10.1 Å². The highest BCUT2D eigenvalue weighted by atomic mass is 28.3. The lowest BCUT2D eigenvalue weighted by Crippen LogP contribution is -2.40. The number of anilines is 1. The van der Waals surface area contributed by atoms with E-state index in [4.69, 9.17) is 9.26 Å². The second-order valence-corrected chi connectivity index (χ2v) is 13.2. The number of carbonyl (C=O) groups is 2. The van der Waals surface area contributed by atoms with E-state index in [1.165, 1.54) is 13.2 Å². The smallest absolute Gasteiger partial charge is 0.290 e. The lowest BCUT2D eigenvalue weighted by Gasteiger charge is -2.20. The van der Waals surface area contributed by atoms with Crippen LogP contribution in [0.15, 0.2) is 53.1 Å². The molecule has 1 atom stereocenters. The molecule has 2 aromatic carbocycles. The zero-order valence-corrected chi connectivity index (χ0v) is 19.1. The number of nitrogens with one attached hydrogen (secondary N) is 2. The summed E-state index contributed by atoms with van der Waals surface area (Å²) in [6, 6.07) is 11.0. The van der Waals surface area contributed by atoms with Gasteiger partial charge in [0, 0.05) is 5.69 Å². The van der Waals surface area contributed by atoms with Crippen LogP contribution in [0.25, 0.3) is 0 Å². The van der Waals surface area contributed by atoms with E-state index in [1.54, 1.807) is 36.4 Å². The molecule has 32 heavy (non-hydrogen) atoms. The molecular formula is C22H24FN3O5Si. The van der Waals surface area contributed by atoms with Gasteiger partial charge in [0.15, 0.2) is 0 Å². The minimum Gasteiger partial charge on any atom is -0.497 e. The van der Waals surface area contributed by atoms with Crippen molar-refractivity contribution < 1.29 is 28.3 Å². The standard InChI is InChI=1S/C22H24FN3O5Si/c1-30-15-8-5-13(6-9-15)20(25-21(28)17-12-19(27)26-31-17)22(29)24-14-7-10-18(16(23)11-14)32(2,3)4/h5-12,20H,1-4H3,(H,24,29)(H,25,28)(H,26,27). The molecule has 10 heteroatoms. The zero-order valence-electron chi connectivity index (χ0n) is 18.1. The first-order chi connectivity index (χ1) is 15.1. The van der Waals surface area contributed by atoms with Gasteiger partial charge in [-0.2, -0.15) is 0 Å². The number of ether oxygens (including phenoxy) is 1. The van der Waals surface area contributed by atoms with Crippen LogP contribution in [0.2, 0.25) is 19.6 Å². The van der Waals surface area contributed by atoms with Crippen molar-refractivity contribution >= 4 is 30.8 Å². The summed E-state index contributed by atoms with van der Waals surface area (Å²) in [6.45, 7) is 6.08. The lowest BCUT2D eigenvalue weighted by molar-refractivity contribution is -0.118. The van der Waals surface area contributed by atoms with E-state index in [0.29, 0.717) is 16.5 Å². The van der Waals surface area contributed by atoms with E-state index >= 15 is 0 Å². The van der Waals surface area contributed by atoms with Crippen LogP contribution >= 0.6 is 0 Å². The van der Waals surface area contributed by atoms with Gasteiger partial charge in [-0.05, 0) is 40.2 Å². The molecule has 3 N–H and O–H groups in total. The summed E-state index contributed by atoms with van der Waals surface area (Å²) in [5, 5.41) is 18.4. The number of methoxy groups -OCH3 is 1. The van der Waals surface area contributed by atoms with Crippen molar-refractivity contribution in [3.63, 3.8) is 0 Å². The maximum absolute atomic E-state index is 14.6. The van der Waals surface area contributed by atoms with Crippen molar-refractivity contribution in [1.29, 1.82) is 0 Å². The summed E-state index contributed by atoms with van der Waals surface area (Å²) in [5.74, 6) is -1.88. The predicted molar refractivity (Wildman–Crippen MR) is 119 cm³/mol. The SMILES string of the molecule is COc1ccc(C(NC(=O)c2cc(O)no2)C(=O)Nc2ccc([Si](C)(C)C)c(F)c2)cc1. The van der Waals surface area contributed by atoms with E-state index < -0.39 is 31.8 Å². The molecule has 0 bridgehead atoms. The maximum Gasteiger partial charge on any atom is 0.290 e. The number of amides is 2. The number of hydrogen-bond acceptors (Lipinski definition) is 6. The Kier molecular flexibility index (Phi) is 6.63. The fourth-order valence-electron chi connectivity index (χ4n) is 3.09. The van der Waals surface area contributed by atoms with Gasteiger partial charge in [0.25, 0.3) is 17.7 Å². The highest BCUT2D eigenvalue weighted by molar-refractivity contribution is 6.88. The van der Waals surface area contributed by atoms with Gasteiger partial charge < -0.3 is 25.0 Å². The van der Waals surface area contributed by atoms with E-state index in [1.807, 2.05) is 19.6 Å². The van der Waals surface area contributed by atoms with Crippen LogP contribution in [0, 0.1) is 5.82 Å². The van der Waals surface area contributed by atoms with Crippen LogP contribution in [0.5, 0.6) is 11.6 Å². The summed E-state index contributed by atoms with van der Waals surface area (Å²) < 4.78 is 24.5. The number of rotatable bonds is 7. The van der Waals surface area contributed by atoms with Crippen molar-refractivity contribution in [2.75, 3.05) is 12.4 Å². The Morgan fingerprint density at radius 3 is 2.34 bits per heavy atom. The maximum atomic E-state index is 14.6. The summed E-state index contributed by atoms with van der Waals surface area (Å²) in [4.78, 5) is 25.6. The fourth-order valence-corrected chi connectivity index (χ4v) is 4.46. The summed E-state index contributed by atoms with van der Waals surface area (Å²) in [6.07, 6.45) is 0. The van der Waals surface area contributed by atoms with Crippen LogP contribution in [0.3, 0.4) is 0 Å². The van der Waals surface area contributed by atoms with E-state index in [9.17, 15) is 19.1 Å². The zero-order chi connectivity index (χ0) is 23.5. The minimum absolute atomic E-state index is 0.263. The summed E-state index contributed by atoms with van der Waals surface area (Å²) in [5.41, 5.74) is 0.721. The van der Waals surface area contributed by atoms with E-state index in [0.717, 1.165) is 6.07 Å². The van der Waals surface area contributed by atoms with Gasteiger partial charge in [0.05, 0.1) is 21.3 Å². The number of hydrogen-bond donors (Lipinski definition) is 3. The average Bonchev–Trinajstić information content (AvgIpc) is 3.17. The number of benzene rings is 2. The van der Waals surface area contributed by atoms with E-state index in [-0.39, 0.29) is 17.3 Å². The molecule has 0 aliphatic heterocycles. The van der Waals surface area contributed by atoms with Gasteiger partial charge in [-0.25, -0.2) is 4.39 Å². The topological polar surface area (TPSA) is 114 Å². The molecular weight excluding hydrogens is 433 g/mol. The second-order valence-electron chi connectivity index (χ2n) is 8.16. The van der Waals surface area contributed by atoms with Crippen LogP contribution in [-0.4, -0.2) is 37.3 Å². The first-order valence-corrected chi connectivity index (χ1v) is 13.3. The molecule has 8 nitrogen and oxygen atoms in total. The highest BCUT2D eigenvalue weighted by Gasteiger charge is 2.26. The monoisotopic (exact) mass is 457 g/mol. The molecule has 168 valence electrons. The quantitative estimate of drug-likeness (QED) is 0.470. The first-order valence-electron chi connectivity index (χ1n) is 9.80. The molecule has 0 fully saturated rings. The first kappa shape index (κ1) is 23.0. The number of halogens is 1. The predicted octanol–water partition coefficient (Wildman–Crippen LogP) is 3.18. The van der Waals surface area contributed by atoms with Crippen LogP contribution in [-0.2, 0) is 4.79 Å². The average molecular weight is 458 g/mol. The number of carbonyl (C=O) groups excluding carboxylic acids is 2. The van der Waals surface area contributed by atoms with Crippen molar-refractivity contribution in [1.82, 2.24) is 10.5 Å². The fraction of sp³-hybridized carbons (Fsp3) is 0.227. The molecule has 1 heterocycles. The van der Waals surface area contributed by atoms with Crippen molar-refractivity contribution in [3.8, 4) is 11.6 Å². The van der Waals surface area contributed by atoms with Crippen LogP contribution < -0.4 is 20.6 Å². The molecule has 0 aliphatic carbocycles. The van der Waals surface area contributed by atoms with Gasteiger partial charge in [-0.15, -0.1) is 0 Å². The Labute approximate surface area is 185 Å². The van der Waals surface area contributed by atoms with Crippen molar-refractivity contribution in [2.24, 2.45) is 0 Å². The summed E-state index contributed by atoms with van der Waals surface area (Å²) >= 11 is 0. The largest absolute Gasteiger partial charge is 0.497 e. The number of nitrogens with zero attached hydrogens (tertiary/aromatic N) is 1. The van der Waals surface area contributed by atoms with Crippen molar-refractivity contribution in [2.45, 2.75) is 25.7 Å². The Bertz CT molecular complexity index is 1130. The minimum atomic E-state index is -1.87. The molecule has 0 aliphatic rings. The van der Waals surface area contributed by atoms with Gasteiger partial charge in [-0.3, -0.25) is 9.59 Å². The van der Waals surface area contributed by atoms with Gasteiger partial charge in [0.1, 0.15) is 17.6 Å². The van der Waals surface area contributed by atoms with Crippen molar-refractivity contribution in [3.05, 3.63) is 65.7 Å². The Hall–Kier alpha value is -3.66. The lowest BCUT2D eigenvalue weighted by atomic mass is 10.1. The summed E-state index contributed by atoms with van der Waals surface area (Å²) in [7, 11) is -0.365. The number of aromatic nitrogens is 1. The molecule has 0 saturated heterocycles. The molecule has 0 spiro atoms. The highest BCUT2D eigenvalue weighted by Crippen LogP contribution is 2.21. The Balaban J connectivity index is 1.87. The molecule has 1 aromatic heterocycles. The normalized spacial score (nSPS) is 12.2. The van der Waals surface area contributed by atoms with Gasteiger partial charge >= 0.3 is 0 Å². The molecule has 2 amide bonds. The molecule has 1 unspecified atom stereocenters. The van der Waals surface area contributed by atoms with Crippen LogP contribution in [0.1, 0.15) is 22.2 Å². The van der Waals surface area contributed by atoms with Gasteiger partial charge in [-0.1, -0.05) is 37.8 Å². The third-order valence-electron chi connectivity index (χ3n) is 4.75. The van der Waals surface area contributed by atoms with E-state index in [2.05, 4.69) is 15.8 Å². The molecule has 0 saturated carbocycles.